The maximum absolute atomic E-state index is 10.6. The Balaban J connectivity index is 2.35. The van der Waals surface area contributed by atoms with E-state index in [1.807, 2.05) is 0 Å². The van der Waals surface area contributed by atoms with E-state index in [1.165, 1.54) is 39.5 Å². The first-order valence-corrected chi connectivity index (χ1v) is 7.31. The van der Waals surface area contributed by atoms with E-state index in [4.69, 9.17) is 18.6 Å². The van der Waals surface area contributed by atoms with Crippen molar-refractivity contribution in [2.24, 2.45) is 0 Å². The molecule has 3 rings (SSSR count). The van der Waals surface area contributed by atoms with Crippen LogP contribution in [0.5, 0.6) is 34.5 Å². The van der Waals surface area contributed by atoms with Crippen LogP contribution in [-0.4, -0.2) is 36.6 Å². The van der Waals surface area contributed by atoms with Crippen LogP contribution < -0.4 is 14.2 Å². The topological polar surface area (TPSA) is 99.7 Å². The summed E-state index contributed by atoms with van der Waals surface area (Å²) in [6, 6.07) is 7.69. The molecule has 25 heavy (non-hydrogen) atoms. The van der Waals surface area contributed by atoms with Gasteiger partial charge in [-0.1, -0.05) is 0 Å². The molecule has 0 fully saturated rings. The summed E-state index contributed by atoms with van der Waals surface area (Å²) in [4.78, 5) is 0. The van der Waals surface area contributed by atoms with Gasteiger partial charge in [-0.2, -0.15) is 0 Å². The molecule has 2 aromatic carbocycles. The zero-order chi connectivity index (χ0) is 18.1. The van der Waals surface area contributed by atoms with Gasteiger partial charge in [-0.05, 0) is 12.1 Å². The molecule has 0 spiro atoms. The zero-order valence-corrected chi connectivity index (χ0v) is 13.9. The van der Waals surface area contributed by atoms with Crippen molar-refractivity contribution in [2.45, 2.75) is 0 Å². The lowest BCUT2D eigenvalue weighted by atomic mass is 10.1. The van der Waals surface area contributed by atoms with Gasteiger partial charge in [0.25, 0.3) is 5.75 Å². The molecule has 0 bridgehead atoms. The molecule has 7 heteroatoms. The van der Waals surface area contributed by atoms with Crippen LogP contribution in [0.2, 0.25) is 0 Å². The van der Waals surface area contributed by atoms with Crippen molar-refractivity contribution < 1.29 is 33.9 Å². The van der Waals surface area contributed by atoms with Crippen LogP contribution in [0.15, 0.2) is 34.7 Å². The van der Waals surface area contributed by atoms with Gasteiger partial charge in [0.05, 0.1) is 26.9 Å². The van der Waals surface area contributed by atoms with Crippen molar-refractivity contribution in [3.63, 3.8) is 0 Å². The zero-order valence-electron chi connectivity index (χ0n) is 13.9. The van der Waals surface area contributed by atoms with E-state index >= 15 is 0 Å². The van der Waals surface area contributed by atoms with Crippen molar-refractivity contribution in [3.8, 4) is 45.8 Å². The summed E-state index contributed by atoms with van der Waals surface area (Å²) >= 11 is 0. The maximum atomic E-state index is 10.6. The first-order valence-electron chi connectivity index (χ1n) is 7.31. The average molecular weight is 345 g/mol. The lowest BCUT2D eigenvalue weighted by Gasteiger charge is -2.10. The molecule has 3 aromatic rings. The van der Waals surface area contributed by atoms with Crippen LogP contribution in [-0.2, 0) is 0 Å². The van der Waals surface area contributed by atoms with Crippen molar-refractivity contribution in [1.29, 1.82) is 0 Å². The summed E-state index contributed by atoms with van der Waals surface area (Å²) in [6.07, 6.45) is 0. The molecule has 0 saturated carbocycles. The Labute approximate surface area is 143 Å². The molecule has 3 N–H and O–H groups in total. The molecule has 0 amide bonds. The number of hydrogen-bond acceptors (Lipinski definition) is 6. The van der Waals surface area contributed by atoms with Crippen LogP contribution in [0, 0.1) is 0 Å². The highest BCUT2D eigenvalue weighted by Crippen LogP contribution is 2.48. The summed E-state index contributed by atoms with van der Waals surface area (Å²) in [5.74, 6) is -0.101. The van der Waals surface area contributed by atoms with Crippen LogP contribution in [0.4, 0.5) is 0 Å². The molecule has 0 atom stereocenters. The van der Waals surface area contributed by atoms with Gasteiger partial charge in [-0.25, -0.2) is 4.42 Å². The third-order valence-electron chi connectivity index (χ3n) is 3.82. The minimum absolute atomic E-state index is 0.0698. The lowest BCUT2D eigenvalue weighted by Crippen LogP contribution is -1.93. The molecule has 1 heterocycles. The summed E-state index contributed by atoms with van der Waals surface area (Å²) in [7, 11) is 4.17. The minimum atomic E-state index is -0.300. The fraction of sp³-hybridized carbons (Fsp3) is 0.167. The van der Waals surface area contributed by atoms with E-state index in [0.29, 0.717) is 11.1 Å². The van der Waals surface area contributed by atoms with E-state index in [2.05, 4.69) is 0 Å². The second-order valence-corrected chi connectivity index (χ2v) is 5.19. The fourth-order valence-electron chi connectivity index (χ4n) is 2.63. The van der Waals surface area contributed by atoms with Crippen LogP contribution in [0.3, 0.4) is 0 Å². The Hall–Kier alpha value is -3.35. The number of benzene rings is 2. The normalized spacial score (nSPS) is 10.7. The summed E-state index contributed by atoms with van der Waals surface area (Å²) in [6.45, 7) is 0. The number of ether oxygens (including phenoxy) is 3. The fourth-order valence-corrected chi connectivity index (χ4v) is 2.63. The molecular weight excluding hydrogens is 328 g/mol. The number of phenols is 2. The molecule has 7 nitrogen and oxygen atoms in total. The van der Waals surface area contributed by atoms with E-state index in [1.54, 1.807) is 12.1 Å². The first kappa shape index (κ1) is 16.5. The Kier molecular flexibility index (Phi) is 4.14. The van der Waals surface area contributed by atoms with Crippen molar-refractivity contribution in [1.82, 2.24) is 0 Å². The third-order valence-corrected chi connectivity index (χ3v) is 3.82. The number of methoxy groups -OCH3 is 3. The number of aromatic hydroxyl groups is 3. The Morgan fingerprint density at radius 1 is 0.840 bits per heavy atom. The van der Waals surface area contributed by atoms with E-state index in [-0.39, 0.29) is 45.6 Å². The van der Waals surface area contributed by atoms with Gasteiger partial charge in [0, 0.05) is 18.2 Å². The molecule has 0 aliphatic heterocycles. The first-order chi connectivity index (χ1) is 12.0. The van der Waals surface area contributed by atoms with E-state index in [0.717, 1.165) is 0 Å². The maximum Gasteiger partial charge on any atom is 0.406 e. The summed E-state index contributed by atoms with van der Waals surface area (Å²) in [5, 5.41) is 30.9. The second kappa shape index (κ2) is 6.27. The number of fused-ring (bicyclic) bond motifs is 1. The Morgan fingerprint density at radius 3 is 2.04 bits per heavy atom. The summed E-state index contributed by atoms with van der Waals surface area (Å²) < 4.78 is 21.3. The quantitative estimate of drug-likeness (QED) is 0.622. The average Bonchev–Trinajstić information content (AvgIpc) is 2.62. The van der Waals surface area contributed by atoms with Gasteiger partial charge in [-0.3, -0.25) is 0 Å². The van der Waals surface area contributed by atoms with Gasteiger partial charge >= 0.3 is 11.3 Å². The van der Waals surface area contributed by atoms with E-state index in [9.17, 15) is 15.3 Å². The SMILES string of the molecule is COc1cc(-c2[o+]c3cccc(O)c3c(OC)c2O)cc(OC)c1O. The lowest BCUT2D eigenvalue weighted by molar-refractivity contribution is 0.339. The second-order valence-electron chi connectivity index (χ2n) is 5.19. The Bertz CT molecular complexity index is 925. The molecule has 0 aliphatic carbocycles. The van der Waals surface area contributed by atoms with Gasteiger partial charge in [0.15, 0.2) is 22.6 Å². The van der Waals surface area contributed by atoms with E-state index < -0.39 is 0 Å². The standard InChI is InChI=1S/C18H16O7/c1-22-12-7-9(8-13(23-2)15(12)20)17-16(21)18(24-3)14-10(19)5-4-6-11(14)25-17/h4-8H,1-3H3,(H2-,19,20,21)/p+1. The number of phenolic OH excluding ortho intramolecular Hbond substituents is 2. The van der Waals surface area contributed by atoms with Crippen molar-refractivity contribution in [3.05, 3.63) is 30.3 Å². The monoisotopic (exact) mass is 345 g/mol. The Morgan fingerprint density at radius 2 is 1.48 bits per heavy atom. The summed E-state index contributed by atoms with van der Waals surface area (Å²) in [5.41, 5.74) is 0.711. The molecule has 0 radical (unpaired) electrons. The van der Waals surface area contributed by atoms with Crippen LogP contribution in [0.1, 0.15) is 0 Å². The van der Waals surface area contributed by atoms with Crippen molar-refractivity contribution >= 4 is 11.0 Å². The van der Waals surface area contributed by atoms with Gasteiger partial charge in [0.1, 0.15) is 5.75 Å². The van der Waals surface area contributed by atoms with Crippen LogP contribution in [0.25, 0.3) is 22.3 Å². The molecule has 1 aromatic heterocycles. The highest BCUT2D eigenvalue weighted by Gasteiger charge is 2.31. The predicted octanol–water partition coefficient (Wildman–Crippen LogP) is 3.52. The van der Waals surface area contributed by atoms with Gasteiger partial charge in [0.2, 0.25) is 5.75 Å². The smallest absolute Gasteiger partial charge is 0.406 e. The molecule has 0 unspecified atom stereocenters. The van der Waals surface area contributed by atoms with Crippen LogP contribution >= 0.6 is 0 Å². The minimum Gasteiger partial charge on any atom is -0.507 e. The highest BCUT2D eigenvalue weighted by molar-refractivity contribution is 5.94. The number of rotatable bonds is 4. The van der Waals surface area contributed by atoms with Gasteiger partial charge in [-0.15, -0.1) is 0 Å². The molecule has 0 saturated heterocycles. The largest absolute Gasteiger partial charge is 0.507 e. The number of hydrogen-bond donors (Lipinski definition) is 3. The molecular formula is C18H17O7+. The predicted molar refractivity (Wildman–Crippen MR) is 90.7 cm³/mol. The van der Waals surface area contributed by atoms with Crippen molar-refractivity contribution in [2.75, 3.05) is 21.3 Å². The highest BCUT2D eigenvalue weighted by atomic mass is 16.5. The van der Waals surface area contributed by atoms with Gasteiger partial charge < -0.3 is 29.5 Å². The molecule has 0 aliphatic rings. The third kappa shape index (κ3) is 2.59. The molecule has 130 valence electrons.